The van der Waals surface area contributed by atoms with Gasteiger partial charge in [-0.2, -0.15) is 0 Å². The molecule has 0 fully saturated rings. The molecule has 0 unspecified atom stereocenters. The number of carbonyl (C=O) groups excluding carboxylic acids is 3. The molecule has 1 N–H and O–H groups in total. The normalized spacial score (nSPS) is 10.2. The number of ketones is 1. The number of aryl methyl sites for hydroxylation is 1. The van der Waals surface area contributed by atoms with Gasteiger partial charge in [-0.1, -0.05) is 13.0 Å². The number of Topliss-reactive ketones (excluding diaryl/α,β-unsaturated/α-hetero) is 1. The minimum absolute atomic E-state index is 0.0891. The predicted octanol–water partition coefficient (Wildman–Crippen LogP) is 3.46. The Balaban J connectivity index is 1.77. The molecular weight excluding hydrogens is 326 g/mol. The van der Waals surface area contributed by atoms with E-state index in [4.69, 9.17) is 4.74 Å². The van der Waals surface area contributed by atoms with Crippen LogP contribution in [-0.2, 0) is 20.7 Å². The summed E-state index contributed by atoms with van der Waals surface area (Å²) < 4.78 is 5.02. The van der Waals surface area contributed by atoms with Crippen molar-refractivity contribution < 1.29 is 19.1 Å². The lowest BCUT2D eigenvalue weighted by Gasteiger charge is -2.06. The lowest BCUT2D eigenvalue weighted by Crippen LogP contribution is -2.14. The molecule has 6 heteroatoms. The van der Waals surface area contributed by atoms with Crippen LogP contribution >= 0.6 is 11.3 Å². The van der Waals surface area contributed by atoms with Crippen molar-refractivity contribution in [2.45, 2.75) is 26.2 Å². The molecule has 1 aromatic carbocycles. The van der Waals surface area contributed by atoms with Crippen LogP contribution in [0, 0.1) is 0 Å². The molecule has 1 amide bonds. The second kappa shape index (κ2) is 8.98. The fraction of sp³-hybridized carbons (Fsp3) is 0.278. The minimum Gasteiger partial charge on any atom is -0.457 e. The molecule has 2 aromatic rings. The highest BCUT2D eigenvalue weighted by molar-refractivity contribution is 7.09. The maximum atomic E-state index is 12.0. The molecule has 0 aliphatic heterocycles. The molecular formula is C18H19NO4S. The van der Waals surface area contributed by atoms with E-state index in [2.05, 4.69) is 5.32 Å². The van der Waals surface area contributed by atoms with Gasteiger partial charge in [0.1, 0.15) is 0 Å². The summed E-state index contributed by atoms with van der Waals surface area (Å²) in [5, 5.41) is 4.66. The average molecular weight is 345 g/mol. The van der Waals surface area contributed by atoms with Gasteiger partial charge in [-0.3, -0.25) is 14.4 Å². The number of carbonyl (C=O) groups is 3. The van der Waals surface area contributed by atoms with Gasteiger partial charge in [0, 0.05) is 22.5 Å². The van der Waals surface area contributed by atoms with Gasteiger partial charge >= 0.3 is 5.97 Å². The van der Waals surface area contributed by atoms with Crippen molar-refractivity contribution in [2.75, 3.05) is 11.9 Å². The highest BCUT2D eigenvalue weighted by atomic mass is 32.1. The Labute approximate surface area is 144 Å². The molecule has 0 radical (unpaired) electrons. The Hall–Kier alpha value is -2.47. The topological polar surface area (TPSA) is 72.5 Å². The van der Waals surface area contributed by atoms with E-state index in [1.54, 1.807) is 42.5 Å². The molecule has 0 saturated carbocycles. The molecule has 5 nitrogen and oxygen atoms in total. The lowest BCUT2D eigenvalue weighted by atomic mass is 10.1. The van der Waals surface area contributed by atoms with Crippen LogP contribution in [-0.4, -0.2) is 24.3 Å². The van der Waals surface area contributed by atoms with E-state index in [9.17, 15) is 14.4 Å². The maximum absolute atomic E-state index is 12.0. The summed E-state index contributed by atoms with van der Waals surface area (Å²) in [6, 6.07) is 10.4. The van der Waals surface area contributed by atoms with Gasteiger partial charge in [0.05, 0.1) is 6.42 Å². The van der Waals surface area contributed by atoms with Gasteiger partial charge in [0.2, 0.25) is 5.91 Å². The molecule has 1 heterocycles. The third kappa shape index (κ3) is 5.62. The summed E-state index contributed by atoms with van der Waals surface area (Å²) in [5.41, 5.74) is 1.07. The smallest absolute Gasteiger partial charge is 0.306 e. The lowest BCUT2D eigenvalue weighted by molar-refractivity contribution is -0.142. The van der Waals surface area contributed by atoms with Crippen LogP contribution in [0.3, 0.4) is 0 Å². The zero-order valence-corrected chi connectivity index (χ0v) is 14.2. The zero-order chi connectivity index (χ0) is 17.4. The van der Waals surface area contributed by atoms with Crippen molar-refractivity contribution >= 4 is 34.7 Å². The Morgan fingerprint density at radius 3 is 2.50 bits per heavy atom. The SMILES string of the molecule is CCC(=O)Nc1ccc(C(=O)COC(=O)CCc2cccs2)cc1. The third-order valence-corrected chi connectivity index (χ3v) is 4.27. The van der Waals surface area contributed by atoms with Crippen molar-refractivity contribution in [1.29, 1.82) is 0 Å². The fourth-order valence-corrected chi connectivity index (χ4v) is 2.68. The minimum atomic E-state index is -0.386. The molecule has 0 atom stereocenters. The highest BCUT2D eigenvalue weighted by Crippen LogP contribution is 2.12. The first-order chi connectivity index (χ1) is 11.6. The Morgan fingerprint density at radius 1 is 1.12 bits per heavy atom. The summed E-state index contributed by atoms with van der Waals surface area (Å²) in [7, 11) is 0. The van der Waals surface area contributed by atoms with E-state index >= 15 is 0 Å². The van der Waals surface area contributed by atoms with Gasteiger partial charge in [-0.25, -0.2) is 0 Å². The number of hydrogen-bond acceptors (Lipinski definition) is 5. The Bertz CT molecular complexity index is 692. The van der Waals surface area contributed by atoms with E-state index in [-0.39, 0.29) is 30.7 Å². The number of anilines is 1. The standard InChI is InChI=1S/C18H19NO4S/c1-2-17(21)19-14-7-5-13(6-8-14)16(20)12-23-18(22)10-9-15-4-3-11-24-15/h3-8,11H,2,9-10,12H2,1H3,(H,19,21). The number of hydrogen-bond donors (Lipinski definition) is 1. The van der Waals surface area contributed by atoms with E-state index in [0.717, 1.165) is 4.88 Å². The fourth-order valence-electron chi connectivity index (χ4n) is 1.97. The van der Waals surface area contributed by atoms with Crippen molar-refractivity contribution in [2.24, 2.45) is 0 Å². The molecule has 2 rings (SSSR count). The summed E-state index contributed by atoms with van der Waals surface area (Å²) >= 11 is 1.59. The van der Waals surface area contributed by atoms with Gasteiger partial charge in [-0.05, 0) is 42.1 Å². The van der Waals surface area contributed by atoms with Crippen LogP contribution in [0.2, 0.25) is 0 Å². The number of benzene rings is 1. The molecule has 0 aliphatic rings. The summed E-state index contributed by atoms with van der Waals surface area (Å²) in [5.74, 6) is -0.745. The van der Waals surface area contributed by atoms with E-state index in [1.807, 2.05) is 17.5 Å². The largest absolute Gasteiger partial charge is 0.457 e. The van der Waals surface area contributed by atoms with E-state index in [0.29, 0.717) is 24.1 Å². The van der Waals surface area contributed by atoms with Gasteiger partial charge in [0.25, 0.3) is 0 Å². The molecule has 0 saturated heterocycles. The van der Waals surface area contributed by atoms with Crippen LogP contribution in [0.4, 0.5) is 5.69 Å². The molecule has 1 aromatic heterocycles. The van der Waals surface area contributed by atoms with Crippen molar-refractivity contribution in [3.8, 4) is 0 Å². The van der Waals surface area contributed by atoms with E-state index in [1.165, 1.54) is 0 Å². The van der Waals surface area contributed by atoms with Crippen LogP contribution in [0.25, 0.3) is 0 Å². The third-order valence-electron chi connectivity index (χ3n) is 3.33. The summed E-state index contributed by atoms with van der Waals surface area (Å²) in [6.07, 6.45) is 1.27. The van der Waals surface area contributed by atoms with E-state index < -0.39 is 0 Å². The van der Waals surface area contributed by atoms with Crippen LogP contribution in [0.15, 0.2) is 41.8 Å². The molecule has 0 aliphatic carbocycles. The van der Waals surface area contributed by atoms with Gasteiger partial charge in [0.15, 0.2) is 12.4 Å². The second-order valence-corrected chi connectivity index (χ2v) is 6.17. The zero-order valence-electron chi connectivity index (χ0n) is 13.4. The summed E-state index contributed by atoms with van der Waals surface area (Å²) in [6.45, 7) is 1.49. The maximum Gasteiger partial charge on any atom is 0.306 e. The number of ether oxygens (including phenoxy) is 1. The molecule has 0 spiro atoms. The van der Waals surface area contributed by atoms with Crippen molar-refractivity contribution in [1.82, 2.24) is 0 Å². The molecule has 126 valence electrons. The van der Waals surface area contributed by atoms with Crippen LogP contribution in [0.5, 0.6) is 0 Å². The van der Waals surface area contributed by atoms with Crippen molar-refractivity contribution in [3.05, 3.63) is 52.2 Å². The monoisotopic (exact) mass is 345 g/mol. The van der Waals surface area contributed by atoms with Crippen molar-refractivity contribution in [3.63, 3.8) is 0 Å². The summed E-state index contributed by atoms with van der Waals surface area (Å²) in [4.78, 5) is 36.1. The quantitative estimate of drug-likeness (QED) is 0.587. The van der Waals surface area contributed by atoms with Gasteiger partial charge in [-0.15, -0.1) is 11.3 Å². The number of esters is 1. The Kier molecular flexibility index (Phi) is 6.69. The number of nitrogens with one attached hydrogen (secondary N) is 1. The first-order valence-corrected chi connectivity index (χ1v) is 8.57. The first-order valence-electron chi connectivity index (χ1n) is 7.69. The van der Waals surface area contributed by atoms with Crippen LogP contribution in [0.1, 0.15) is 35.0 Å². The Morgan fingerprint density at radius 2 is 1.88 bits per heavy atom. The number of amides is 1. The molecule has 24 heavy (non-hydrogen) atoms. The second-order valence-electron chi connectivity index (χ2n) is 5.14. The average Bonchev–Trinajstić information content (AvgIpc) is 3.12. The number of rotatable bonds is 8. The highest BCUT2D eigenvalue weighted by Gasteiger charge is 2.11. The van der Waals surface area contributed by atoms with Gasteiger partial charge < -0.3 is 10.1 Å². The number of thiophene rings is 1. The first kappa shape index (κ1) is 17.9. The molecule has 0 bridgehead atoms. The predicted molar refractivity (Wildman–Crippen MR) is 93.3 cm³/mol. The van der Waals surface area contributed by atoms with Crippen LogP contribution < -0.4 is 5.32 Å².